The molecule has 0 spiro atoms. The first-order valence-corrected chi connectivity index (χ1v) is 6.81. The zero-order valence-electron chi connectivity index (χ0n) is 12.3. The molecule has 112 valence electrons. The minimum atomic E-state index is -0.398. The first-order valence-electron chi connectivity index (χ1n) is 6.81. The third-order valence-electron chi connectivity index (χ3n) is 2.73. The number of amides is 1. The standard InChI is InChI=1S/C15H22FNO3/c1-4-17(15(18)11-20-12(2)3)9-10-19-14-8-6-5-7-13(14)16/h5-8,12H,4,9-11H2,1-3H3. The molecule has 1 amide bonds. The number of hydrogen-bond acceptors (Lipinski definition) is 3. The van der Waals surface area contributed by atoms with Crippen molar-refractivity contribution >= 4 is 5.91 Å². The van der Waals surface area contributed by atoms with E-state index in [0.717, 1.165) is 0 Å². The van der Waals surface area contributed by atoms with Gasteiger partial charge in [0.1, 0.15) is 13.2 Å². The number of halogens is 1. The molecule has 1 aromatic rings. The van der Waals surface area contributed by atoms with E-state index >= 15 is 0 Å². The van der Waals surface area contributed by atoms with Gasteiger partial charge in [-0.3, -0.25) is 4.79 Å². The molecule has 5 heteroatoms. The Morgan fingerprint density at radius 3 is 2.65 bits per heavy atom. The summed E-state index contributed by atoms with van der Waals surface area (Å²) in [5.41, 5.74) is 0. The maximum absolute atomic E-state index is 13.3. The summed E-state index contributed by atoms with van der Waals surface area (Å²) in [5.74, 6) is -0.280. The third-order valence-corrected chi connectivity index (χ3v) is 2.73. The minimum absolute atomic E-state index is 0.0207. The molecule has 0 atom stereocenters. The highest BCUT2D eigenvalue weighted by Crippen LogP contribution is 2.15. The molecule has 0 aliphatic heterocycles. The Balaban J connectivity index is 2.38. The van der Waals surface area contributed by atoms with Crippen LogP contribution in [0.4, 0.5) is 4.39 Å². The summed E-state index contributed by atoms with van der Waals surface area (Å²) >= 11 is 0. The van der Waals surface area contributed by atoms with Gasteiger partial charge < -0.3 is 14.4 Å². The molecule has 0 unspecified atom stereocenters. The Morgan fingerprint density at radius 1 is 1.35 bits per heavy atom. The SMILES string of the molecule is CCN(CCOc1ccccc1F)C(=O)COC(C)C. The van der Waals surface area contributed by atoms with Crippen molar-refractivity contribution in [1.29, 1.82) is 0 Å². The van der Waals surface area contributed by atoms with Gasteiger partial charge in [-0.1, -0.05) is 12.1 Å². The van der Waals surface area contributed by atoms with Crippen molar-refractivity contribution < 1.29 is 18.7 Å². The van der Waals surface area contributed by atoms with E-state index in [1.54, 1.807) is 23.1 Å². The van der Waals surface area contributed by atoms with Gasteiger partial charge in [-0.25, -0.2) is 4.39 Å². The number of ether oxygens (including phenoxy) is 2. The molecule has 0 saturated heterocycles. The van der Waals surface area contributed by atoms with Crippen molar-refractivity contribution in [3.8, 4) is 5.75 Å². The normalized spacial score (nSPS) is 10.7. The molecule has 1 aromatic carbocycles. The fourth-order valence-electron chi connectivity index (χ4n) is 1.62. The van der Waals surface area contributed by atoms with E-state index in [1.165, 1.54) is 6.07 Å². The highest BCUT2D eigenvalue weighted by molar-refractivity contribution is 5.77. The summed E-state index contributed by atoms with van der Waals surface area (Å²) in [6.07, 6.45) is 0.0207. The van der Waals surface area contributed by atoms with Gasteiger partial charge in [0.25, 0.3) is 0 Å². The molecule has 0 radical (unpaired) electrons. The number of benzene rings is 1. The van der Waals surface area contributed by atoms with Gasteiger partial charge >= 0.3 is 0 Å². The van der Waals surface area contributed by atoms with Crippen molar-refractivity contribution in [1.82, 2.24) is 4.90 Å². The van der Waals surface area contributed by atoms with Crippen LogP contribution >= 0.6 is 0 Å². The average molecular weight is 283 g/mol. The van der Waals surface area contributed by atoms with Gasteiger partial charge in [0.2, 0.25) is 5.91 Å². The van der Waals surface area contributed by atoms with Gasteiger partial charge in [0.05, 0.1) is 12.6 Å². The number of rotatable bonds is 8. The maximum Gasteiger partial charge on any atom is 0.248 e. The summed E-state index contributed by atoms with van der Waals surface area (Å²) in [7, 11) is 0. The van der Waals surface area contributed by atoms with Crippen LogP contribution in [-0.2, 0) is 9.53 Å². The molecule has 0 bridgehead atoms. The fraction of sp³-hybridized carbons (Fsp3) is 0.533. The van der Waals surface area contributed by atoms with Crippen LogP contribution in [0.3, 0.4) is 0 Å². The zero-order chi connectivity index (χ0) is 15.0. The number of nitrogens with zero attached hydrogens (tertiary/aromatic N) is 1. The molecule has 0 N–H and O–H groups in total. The summed E-state index contributed by atoms with van der Waals surface area (Å²) in [5, 5.41) is 0. The second-order valence-electron chi connectivity index (χ2n) is 4.61. The van der Waals surface area contributed by atoms with Crippen LogP contribution in [0.25, 0.3) is 0 Å². The van der Waals surface area contributed by atoms with Crippen LogP contribution in [0.2, 0.25) is 0 Å². The molecular formula is C15H22FNO3. The van der Waals surface area contributed by atoms with Gasteiger partial charge in [-0.05, 0) is 32.9 Å². The largest absolute Gasteiger partial charge is 0.489 e. The molecule has 0 fully saturated rings. The van der Waals surface area contributed by atoms with Crippen LogP contribution in [0.1, 0.15) is 20.8 Å². The molecule has 0 aliphatic carbocycles. The van der Waals surface area contributed by atoms with E-state index in [1.807, 2.05) is 20.8 Å². The van der Waals surface area contributed by atoms with Crippen LogP contribution < -0.4 is 4.74 Å². The van der Waals surface area contributed by atoms with Gasteiger partial charge in [0, 0.05) is 6.54 Å². The topological polar surface area (TPSA) is 38.8 Å². The molecule has 0 heterocycles. The zero-order valence-corrected chi connectivity index (χ0v) is 12.3. The van der Waals surface area contributed by atoms with Crippen LogP contribution in [-0.4, -0.2) is 43.2 Å². The third kappa shape index (κ3) is 5.57. The summed E-state index contributed by atoms with van der Waals surface area (Å²) in [6, 6.07) is 6.22. The van der Waals surface area contributed by atoms with Gasteiger partial charge in [0.15, 0.2) is 11.6 Å². The van der Waals surface area contributed by atoms with E-state index in [2.05, 4.69) is 0 Å². The van der Waals surface area contributed by atoms with E-state index < -0.39 is 5.82 Å². The molecule has 20 heavy (non-hydrogen) atoms. The Morgan fingerprint density at radius 2 is 2.05 bits per heavy atom. The van der Waals surface area contributed by atoms with Crippen LogP contribution in [0.5, 0.6) is 5.75 Å². The Kier molecular flexibility index (Phi) is 7.01. The van der Waals surface area contributed by atoms with Crippen molar-refractivity contribution in [2.24, 2.45) is 0 Å². The summed E-state index contributed by atoms with van der Waals surface area (Å²) in [6.45, 7) is 6.94. The number of para-hydroxylation sites is 1. The quantitative estimate of drug-likeness (QED) is 0.735. The van der Waals surface area contributed by atoms with Crippen molar-refractivity contribution in [2.75, 3.05) is 26.3 Å². The second-order valence-corrected chi connectivity index (χ2v) is 4.61. The Labute approximate surface area is 119 Å². The minimum Gasteiger partial charge on any atom is -0.489 e. The maximum atomic E-state index is 13.3. The monoisotopic (exact) mass is 283 g/mol. The van der Waals surface area contributed by atoms with Crippen molar-refractivity contribution in [2.45, 2.75) is 26.9 Å². The Hall–Kier alpha value is -1.62. The molecule has 4 nitrogen and oxygen atoms in total. The lowest BCUT2D eigenvalue weighted by Gasteiger charge is -2.21. The lowest BCUT2D eigenvalue weighted by Crippen LogP contribution is -2.37. The smallest absolute Gasteiger partial charge is 0.248 e. The van der Waals surface area contributed by atoms with Gasteiger partial charge in [-0.15, -0.1) is 0 Å². The highest BCUT2D eigenvalue weighted by Gasteiger charge is 2.12. The molecule has 0 aliphatic rings. The predicted octanol–water partition coefficient (Wildman–Crippen LogP) is 2.48. The molecule has 1 rings (SSSR count). The van der Waals surface area contributed by atoms with E-state index in [-0.39, 0.29) is 31.0 Å². The van der Waals surface area contributed by atoms with E-state index in [0.29, 0.717) is 13.1 Å². The van der Waals surface area contributed by atoms with Crippen molar-refractivity contribution in [3.63, 3.8) is 0 Å². The lowest BCUT2D eigenvalue weighted by atomic mass is 10.3. The number of likely N-dealkylation sites (N-methyl/N-ethyl adjacent to an activating group) is 1. The molecular weight excluding hydrogens is 261 g/mol. The average Bonchev–Trinajstić information content (AvgIpc) is 2.43. The predicted molar refractivity (Wildman–Crippen MR) is 75.2 cm³/mol. The van der Waals surface area contributed by atoms with E-state index in [9.17, 15) is 9.18 Å². The van der Waals surface area contributed by atoms with Crippen molar-refractivity contribution in [3.05, 3.63) is 30.1 Å². The van der Waals surface area contributed by atoms with Crippen LogP contribution in [0, 0.1) is 5.82 Å². The number of carbonyl (C=O) groups excluding carboxylic acids is 1. The number of hydrogen-bond donors (Lipinski definition) is 0. The van der Waals surface area contributed by atoms with Gasteiger partial charge in [-0.2, -0.15) is 0 Å². The lowest BCUT2D eigenvalue weighted by molar-refractivity contribution is -0.137. The van der Waals surface area contributed by atoms with E-state index in [4.69, 9.17) is 9.47 Å². The number of carbonyl (C=O) groups is 1. The second kappa shape index (κ2) is 8.53. The summed E-state index contributed by atoms with van der Waals surface area (Å²) in [4.78, 5) is 13.5. The first kappa shape index (κ1) is 16.4. The summed E-state index contributed by atoms with van der Waals surface area (Å²) < 4.78 is 24.0. The molecule has 0 aromatic heterocycles. The van der Waals surface area contributed by atoms with Crippen LogP contribution in [0.15, 0.2) is 24.3 Å². The highest BCUT2D eigenvalue weighted by atomic mass is 19.1. The fourth-order valence-corrected chi connectivity index (χ4v) is 1.62. The first-order chi connectivity index (χ1) is 9.54. The molecule has 0 saturated carbocycles. The Bertz CT molecular complexity index is 423.